The highest BCUT2D eigenvalue weighted by Gasteiger charge is 2.21. The van der Waals surface area contributed by atoms with E-state index < -0.39 is 0 Å². The van der Waals surface area contributed by atoms with Gasteiger partial charge in [-0.1, -0.05) is 29.8 Å². The summed E-state index contributed by atoms with van der Waals surface area (Å²) in [6.07, 6.45) is 2.02. The zero-order valence-corrected chi connectivity index (χ0v) is 11.8. The summed E-state index contributed by atoms with van der Waals surface area (Å²) in [5.74, 6) is -0.360. The Morgan fingerprint density at radius 1 is 1.47 bits per heavy atom. The molecule has 2 heterocycles. The van der Waals surface area contributed by atoms with Crippen LogP contribution in [-0.4, -0.2) is 25.3 Å². The van der Waals surface area contributed by atoms with Crippen molar-refractivity contribution >= 4 is 39.0 Å². The zero-order chi connectivity index (χ0) is 13.2. The number of thiophene rings is 1. The Bertz CT molecular complexity index is 602. The molecule has 0 amide bonds. The topological polar surface area (TPSA) is 35.5 Å². The molecular formula is C14H13ClO3S. The molecule has 100 valence electrons. The van der Waals surface area contributed by atoms with Crippen molar-refractivity contribution in [3.8, 4) is 0 Å². The zero-order valence-electron chi connectivity index (χ0n) is 10.2. The summed E-state index contributed by atoms with van der Waals surface area (Å²) in [6, 6.07) is 7.69. The minimum Gasteiger partial charge on any atom is -0.459 e. The van der Waals surface area contributed by atoms with E-state index in [-0.39, 0.29) is 12.1 Å². The number of benzene rings is 1. The van der Waals surface area contributed by atoms with Crippen molar-refractivity contribution in [1.82, 2.24) is 0 Å². The van der Waals surface area contributed by atoms with Crippen molar-refractivity contribution in [3.05, 3.63) is 34.2 Å². The first-order valence-corrected chi connectivity index (χ1v) is 7.41. The summed E-state index contributed by atoms with van der Waals surface area (Å²) in [4.78, 5) is 12.5. The van der Waals surface area contributed by atoms with Crippen molar-refractivity contribution in [3.63, 3.8) is 0 Å². The second-order valence-corrected chi connectivity index (χ2v) is 5.90. The van der Waals surface area contributed by atoms with Gasteiger partial charge in [0.05, 0.1) is 11.1 Å². The summed E-state index contributed by atoms with van der Waals surface area (Å²) in [5.41, 5.74) is 0. The van der Waals surface area contributed by atoms with Gasteiger partial charge in [0.2, 0.25) is 0 Å². The maximum absolute atomic E-state index is 12.0. The minimum atomic E-state index is -0.360. The summed E-state index contributed by atoms with van der Waals surface area (Å²) in [5, 5.41) is 1.39. The van der Waals surface area contributed by atoms with Crippen LogP contribution in [0.15, 0.2) is 24.3 Å². The molecule has 1 aromatic carbocycles. The number of esters is 1. The van der Waals surface area contributed by atoms with Gasteiger partial charge in [-0.05, 0) is 18.9 Å². The van der Waals surface area contributed by atoms with Crippen molar-refractivity contribution in [2.24, 2.45) is 0 Å². The Morgan fingerprint density at radius 3 is 3.05 bits per heavy atom. The summed E-state index contributed by atoms with van der Waals surface area (Å²) < 4.78 is 11.7. The third kappa shape index (κ3) is 2.61. The molecule has 19 heavy (non-hydrogen) atoms. The second kappa shape index (κ2) is 5.49. The number of hydrogen-bond donors (Lipinski definition) is 0. The van der Waals surface area contributed by atoms with Crippen LogP contribution < -0.4 is 0 Å². The molecule has 5 heteroatoms. The van der Waals surface area contributed by atoms with Crippen LogP contribution >= 0.6 is 22.9 Å². The van der Waals surface area contributed by atoms with Gasteiger partial charge in [-0.25, -0.2) is 4.79 Å². The standard InChI is InChI=1S/C14H13ClO3S/c15-12-10-5-1-2-6-11(10)19-13(12)14(16)18-8-9-4-3-7-17-9/h1-2,5-6,9H,3-4,7-8H2. The smallest absolute Gasteiger partial charge is 0.349 e. The highest BCUT2D eigenvalue weighted by atomic mass is 35.5. The largest absolute Gasteiger partial charge is 0.459 e. The number of ether oxygens (including phenoxy) is 2. The van der Waals surface area contributed by atoms with Crippen LogP contribution in [0.5, 0.6) is 0 Å². The lowest BCUT2D eigenvalue weighted by Crippen LogP contribution is -2.17. The fourth-order valence-electron chi connectivity index (χ4n) is 2.16. The highest BCUT2D eigenvalue weighted by Crippen LogP contribution is 2.35. The van der Waals surface area contributed by atoms with Crippen LogP contribution in [-0.2, 0) is 9.47 Å². The number of carbonyl (C=O) groups excluding carboxylic acids is 1. The van der Waals surface area contributed by atoms with Gasteiger partial charge in [-0.15, -0.1) is 11.3 Å². The molecule has 1 aliphatic heterocycles. The lowest BCUT2D eigenvalue weighted by molar-refractivity contribution is 0.0165. The number of carbonyl (C=O) groups is 1. The van der Waals surface area contributed by atoms with Crippen LogP contribution in [0.3, 0.4) is 0 Å². The van der Waals surface area contributed by atoms with Crippen molar-refractivity contribution in [2.45, 2.75) is 18.9 Å². The molecule has 1 aromatic heterocycles. The molecule has 0 bridgehead atoms. The van der Waals surface area contributed by atoms with E-state index in [2.05, 4.69) is 0 Å². The Kier molecular flexibility index (Phi) is 3.73. The van der Waals surface area contributed by atoms with Crippen LogP contribution in [0.1, 0.15) is 22.5 Å². The maximum atomic E-state index is 12.0. The summed E-state index contributed by atoms with van der Waals surface area (Å²) in [6.45, 7) is 1.06. The van der Waals surface area contributed by atoms with E-state index in [1.165, 1.54) is 11.3 Å². The van der Waals surface area contributed by atoms with Crippen LogP contribution in [0.25, 0.3) is 10.1 Å². The van der Waals surface area contributed by atoms with E-state index >= 15 is 0 Å². The van der Waals surface area contributed by atoms with Gasteiger partial charge in [0.1, 0.15) is 11.5 Å². The molecule has 0 aliphatic carbocycles. The molecule has 1 saturated heterocycles. The Balaban J connectivity index is 1.75. The Hall–Kier alpha value is -1.10. The minimum absolute atomic E-state index is 0.0390. The van der Waals surface area contributed by atoms with Gasteiger partial charge >= 0.3 is 5.97 Å². The van der Waals surface area contributed by atoms with E-state index in [1.54, 1.807) is 0 Å². The normalized spacial score (nSPS) is 18.9. The molecule has 0 radical (unpaired) electrons. The van der Waals surface area contributed by atoms with E-state index in [0.29, 0.717) is 16.5 Å². The summed E-state index contributed by atoms with van der Waals surface area (Å²) >= 11 is 7.59. The third-order valence-corrected chi connectivity index (χ3v) is 4.80. The monoisotopic (exact) mass is 296 g/mol. The maximum Gasteiger partial charge on any atom is 0.349 e. The van der Waals surface area contributed by atoms with Crippen molar-refractivity contribution in [2.75, 3.05) is 13.2 Å². The molecule has 2 aromatic rings. The highest BCUT2D eigenvalue weighted by molar-refractivity contribution is 7.21. The number of fused-ring (bicyclic) bond motifs is 1. The molecule has 3 nitrogen and oxygen atoms in total. The first kappa shape index (κ1) is 12.9. The first-order valence-electron chi connectivity index (χ1n) is 6.21. The van der Waals surface area contributed by atoms with Gasteiger partial charge in [0.25, 0.3) is 0 Å². The molecule has 1 fully saturated rings. The van der Waals surface area contributed by atoms with Gasteiger partial charge < -0.3 is 9.47 Å². The molecule has 3 rings (SSSR count). The van der Waals surface area contributed by atoms with E-state index in [4.69, 9.17) is 21.1 Å². The fraction of sp³-hybridized carbons (Fsp3) is 0.357. The average Bonchev–Trinajstić information content (AvgIpc) is 3.05. The lowest BCUT2D eigenvalue weighted by Gasteiger charge is -2.09. The number of rotatable bonds is 3. The summed E-state index contributed by atoms with van der Waals surface area (Å²) in [7, 11) is 0. The van der Waals surface area contributed by atoms with Crippen molar-refractivity contribution < 1.29 is 14.3 Å². The fourth-order valence-corrected chi connectivity index (χ4v) is 3.56. The molecule has 1 unspecified atom stereocenters. The van der Waals surface area contributed by atoms with Gasteiger partial charge in [0, 0.05) is 16.7 Å². The molecule has 0 saturated carbocycles. The SMILES string of the molecule is O=C(OCC1CCCO1)c1sc2ccccc2c1Cl. The molecule has 0 spiro atoms. The van der Waals surface area contributed by atoms with Crippen LogP contribution in [0.4, 0.5) is 0 Å². The van der Waals surface area contributed by atoms with Gasteiger partial charge in [-0.3, -0.25) is 0 Å². The number of halogens is 1. The molecular weight excluding hydrogens is 284 g/mol. The van der Waals surface area contributed by atoms with Crippen LogP contribution in [0, 0.1) is 0 Å². The second-order valence-electron chi connectivity index (χ2n) is 4.47. The van der Waals surface area contributed by atoms with E-state index in [9.17, 15) is 4.79 Å². The first-order chi connectivity index (χ1) is 9.25. The van der Waals surface area contributed by atoms with Crippen molar-refractivity contribution in [1.29, 1.82) is 0 Å². The molecule has 1 aliphatic rings. The van der Waals surface area contributed by atoms with Gasteiger partial charge in [0.15, 0.2) is 0 Å². The quantitative estimate of drug-likeness (QED) is 0.806. The Labute approximate surface area is 120 Å². The molecule has 0 N–H and O–H groups in total. The van der Waals surface area contributed by atoms with E-state index in [1.807, 2.05) is 24.3 Å². The van der Waals surface area contributed by atoms with Crippen LogP contribution in [0.2, 0.25) is 5.02 Å². The molecule has 1 atom stereocenters. The lowest BCUT2D eigenvalue weighted by atomic mass is 10.2. The predicted molar refractivity (Wildman–Crippen MR) is 76.1 cm³/mol. The Morgan fingerprint density at radius 2 is 2.32 bits per heavy atom. The number of hydrogen-bond acceptors (Lipinski definition) is 4. The van der Waals surface area contributed by atoms with E-state index in [0.717, 1.165) is 29.5 Å². The third-order valence-electron chi connectivity index (χ3n) is 3.14. The van der Waals surface area contributed by atoms with Gasteiger partial charge in [-0.2, -0.15) is 0 Å². The average molecular weight is 297 g/mol. The predicted octanol–water partition coefficient (Wildman–Crippen LogP) is 3.89.